The summed E-state index contributed by atoms with van der Waals surface area (Å²) < 4.78 is 11.1. The first kappa shape index (κ1) is 13.8. The van der Waals surface area contributed by atoms with Gasteiger partial charge in [-0.2, -0.15) is 0 Å². The van der Waals surface area contributed by atoms with Crippen molar-refractivity contribution >= 4 is 0 Å². The van der Waals surface area contributed by atoms with Crippen molar-refractivity contribution in [3.8, 4) is 11.3 Å². The molecule has 0 aliphatic heterocycles. The molecule has 2 aromatic rings. The van der Waals surface area contributed by atoms with Crippen molar-refractivity contribution in [2.75, 3.05) is 7.11 Å². The van der Waals surface area contributed by atoms with Crippen molar-refractivity contribution in [2.24, 2.45) is 0 Å². The van der Waals surface area contributed by atoms with Gasteiger partial charge in [0.25, 0.3) is 0 Å². The Bertz CT molecular complexity index is 517. The second-order valence-corrected chi connectivity index (χ2v) is 4.89. The van der Waals surface area contributed by atoms with E-state index in [9.17, 15) is 0 Å². The van der Waals surface area contributed by atoms with Crippen LogP contribution in [-0.2, 0) is 17.9 Å². The molecule has 1 heterocycles. The van der Waals surface area contributed by atoms with Crippen molar-refractivity contribution in [1.82, 2.24) is 5.32 Å². The Kier molecular flexibility index (Phi) is 4.77. The number of rotatable bonds is 6. The average Bonchev–Trinajstić information content (AvgIpc) is 2.86. The van der Waals surface area contributed by atoms with E-state index in [4.69, 9.17) is 9.15 Å². The van der Waals surface area contributed by atoms with Gasteiger partial charge in [0.15, 0.2) is 0 Å². The molecule has 3 heteroatoms. The molecule has 0 saturated heterocycles. The summed E-state index contributed by atoms with van der Waals surface area (Å²) in [6.45, 7) is 5.59. The standard InChI is InChI=1S/C16H21NO2/c1-12(2)17-10-14-8-9-16(19-14)15-7-5-4-6-13(15)11-18-3/h4-9,12,17H,10-11H2,1-3H3. The van der Waals surface area contributed by atoms with Crippen molar-refractivity contribution in [1.29, 1.82) is 0 Å². The van der Waals surface area contributed by atoms with E-state index in [0.29, 0.717) is 12.6 Å². The van der Waals surface area contributed by atoms with E-state index in [1.807, 2.05) is 24.3 Å². The third-order valence-corrected chi connectivity index (χ3v) is 2.93. The molecule has 0 saturated carbocycles. The quantitative estimate of drug-likeness (QED) is 0.861. The SMILES string of the molecule is COCc1ccccc1-c1ccc(CNC(C)C)o1. The molecule has 0 radical (unpaired) electrons. The number of methoxy groups -OCH3 is 1. The van der Waals surface area contributed by atoms with Gasteiger partial charge in [-0.15, -0.1) is 0 Å². The fourth-order valence-electron chi connectivity index (χ4n) is 1.96. The highest BCUT2D eigenvalue weighted by atomic mass is 16.5. The van der Waals surface area contributed by atoms with Crippen LogP contribution in [0.4, 0.5) is 0 Å². The fourth-order valence-corrected chi connectivity index (χ4v) is 1.96. The highest BCUT2D eigenvalue weighted by Gasteiger charge is 2.09. The molecule has 0 fully saturated rings. The molecule has 0 spiro atoms. The van der Waals surface area contributed by atoms with Gasteiger partial charge in [0.05, 0.1) is 13.2 Å². The molecule has 0 amide bonds. The molecule has 0 aliphatic rings. The molecule has 3 nitrogen and oxygen atoms in total. The van der Waals surface area contributed by atoms with Gasteiger partial charge in [-0.05, 0) is 17.7 Å². The second-order valence-electron chi connectivity index (χ2n) is 4.89. The van der Waals surface area contributed by atoms with Crippen molar-refractivity contribution in [3.63, 3.8) is 0 Å². The zero-order valence-corrected chi connectivity index (χ0v) is 11.8. The molecule has 0 atom stereocenters. The lowest BCUT2D eigenvalue weighted by Crippen LogP contribution is -2.21. The lowest BCUT2D eigenvalue weighted by atomic mass is 10.1. The molecule has 19 heavy (non-hydrogen) atoms. The van der Waals surface area contributed by atoms with Crippen LogP contribution in [0.25, 0.3) is 11.3 Å². The van der Waals surface area contributed by atoms with Crippen LogP contribution in [-0.4, -0.2) is 13.2 Å². The second kappa shape index (κ2) is 6.55. The number of benzene rings is 1. The number of nitrogens with one attached hydrogen (secondary N) is 1. The molecule has 2 rings (SSSR count). The number of furan rings is 1. The minimum absolute atomic E-state index is 0.453. The van der Waals surface area contributed by atoms with Crippen molar-refractivity contribution in [2.45, 2.75) is 33.0 Å². The first-order valence-electron chi connectivity index (χ1n) is 6.60. The molecule has 1 N–H and O–H groups in total. The molecule has 1 aromatic carbocycles. The normalized spacial score (nSPS) is 11.2. The van der Waals surface area contributed by atoms with Crippen LogP contribution in [0.1, 0.15) is 25.2 Å². The van der Waals surface area contributed by atoms with Gasteiger partial charge < -0.3 is 14.5 Å². The number of hydrogen-bond acceptors (Lipinski definition) is 3. The van der Waals surface area contributed by atoms with Gasteiger partial charge >= 0.3 is 0 Å². The zero-order chi connectivity index (χ0) is 13.7. The summed E-state index contributed by atoms with van der Waals surface area (Å²) in [5.74, 6) is 1.85. The van der Waals surface area contributed by atoms with Crippen LogP contribution in [0.15, 0.2) is 40.8 Å². The summed E-state index contributed by atoms with van der Waals surface area (Å²) in [7, 11) is 1.71. The van der Waals surface area contributed by atoms with E-state index in [-0.39, 0.29) is 0 Å². The maximum atomic E-state index is 5.89. The van der Waals surface area contributed by atoms with Crippen LogP contribution in [0.5, 0.6) is 0 Å². The Morgan fingerprint density at radius 3 is 2.68 bits per heavy atom. The number of ether oxygens (including phenoxy) is 1. The third kappa shape index (κ3) is 3.69. The highest BCUT2D eigenvalue weighted by Crippen LogP contribution is 2.26. The lowest BCUT2D eigenvalue weighted by Gasteiger charge is -2.07. The minimum Gasteiger partial charge on any atom is -0.460 e. The monoisotopic (exact) mass is 259 g/mol. The van der Waals surface area contributed by atoms with Gasteiger partial charge in [-0.3, -0.25) is 0 Å². The van der Waals surface area contributed by atoms with E-state index in [1.165, 1.54) is 0 Å². The summed E-state index contributed by atoms with van der Waals surface area (Å²) in [6.07, 6.45) is 0. The summed E-state index contributed by atoms with van der Waals surface area (Å²) in [6, 6.07) is 12.7. The summed E-state index contributed by atoms with van der Waals surface area (Å²) >= 11 is 0. The molecule has 0 unspecified atom stereocenters. The average molecular weight is 259 g/mol. The molecule has 0 bridgehead atoms. The van der Waals surface area contributed by atoms with Gasteiger partial charge in [-0.1, -0.05) is 38.1 Å². The largest absolute Gasteiger partial charge is 0.460 e. The third-order valence-electron chi connectivity index (χ3n) is 2.93. The summed E-state index contributed by atoms with van der Waals surface area (Å²) in [5, 5.41) is 3.35. The maximum Gasteiger partial charge on any atom is 0.134 e. The van der Waals surface area contributed by atoms with Gasteiger partial charge in [0.2, 0.25) is 0 Å². The Labute approximate surface area is 114 Å². The van der Waals surface area contributed by atoms with Gasteiger partial charge in [-0.25, -0.2) is 0 Å². The Hall–Kier alpha value is -1.58. The summed E-state index contributed by atoms with van der Waals surface area (Å²) in [5.41, 5.74) is 2.24. The Balaban J connectivity index is 2.18. The van der Waals surface area contributed by atoms with E-state index < -0.39 is 0 Å². The lowest BCUT2D eigenvalue weighted by molar-refractivity contribution is 0.185. The molecular formula is C16H21NO2. The van der Waals surface area contributed by atoms with Crippen LogP contribution >= 0.6 is 0 Å². The van der Waals surface area contributed by atoms with Crippen LogP contribution in [0.3, 0.4) is 0 Å². The Morgan fingerprint density at radius 1 is 1.16 bits per heavy atom. The topological polar surface area (TPSA) is 34.4 Å². The molecule has 1 aromatic heterocycles. The van der Waals surface area contributed by atoms with Crippen LogP contribution < -0.4 is 5.32 Å². The van der Waals surface area contributed by atoms with Gasteiger partial charge in [0, 0.05) is 18.7 Å². The number of hydrogen-bond donors (Lipinski definition) is 1. The molecule has 102 valence electrons. The van der Waals surface area contributed by atoms with Crippen LogP contribution in [0, 0.1) is 0 Å². The Morgan fingerprint density at radius 2 is 1.95 bits per heavy atom. The fraction of sp³-hybridized carbons (Fsp3) is 0.375. The minimum atomic E-state index is 0.453. The van der Waals surface area contributed by atoms with Gasteiger partial charge in [0.1, 0.15) is 11.5 Å². The summed E-state index contributed by atoms with van der Waals surface area (Å²) in [4.78, 5) is 0. The highest BCUT2D eigenvalue weighted by molar-refractivity contribution is 5.62. The first-order chi connectivity index (χ1) is 9.20. The van der Waals surface area contributed by atoms with E-state index >= 15 is 0 Å². The van der Waals surface area contributed by atoms with E-state index in [2.05, 4.69) is 31.3 Å². The maximum absolute atomic E-state index is 5.89. The molecule has 0 aliphatic carbocycles. The van der Waals surface area contributed by atoms with Crippen molar-refractivity contribution in [3.05, 3.63) is 47.7 Å². The van der Waals surface area contributed by atoms with Crippen LogP contribution in [0.2, 0.25) is 0 Å². The zero-order valence-electron chi connectivity index (χ0n) is 11.8. The van der Waals surface area contributed by atoms with E-state index in [0.717, 1.165) is 29.2 Å². The predicted octanol–water partition coefficient (Wildman–Crippen LogP) is 3.59. The van der Waals surface area contributed by atoms with Crippen molar-refractivity contribution < 1.29 is 9.15 Å². The smallest absolute Gasteiger partial charge is 0.134 e. The molecular weight excluding hydrogens is 238 g/mol. The van der Waals surface area contributed by atoms with E-state index in [1.54, 1.807) is 7.11 Å². The predicted molar refractivity (Wildman–Crippen MR) is 76.8 cm³/mol. The first-order valence-corrected chi connectivity index (χ1v) is 6.60.